The van der Waals surface area contributed by atoms with E-state index in [1.165, 1.54) is 5.56 Å². The first-order chi connectivity index (χ1) is 7.74. The summed E-state index contributed by atoms with van der Waals surface area (Å²) in [5.41, 5.74) is 7.06. The van der Waals surface area contributed by atoms with Crippen LogP contribution in [0.5, 0.6) is 0 Å². The average Bonchev–Trinajstić information content (AvgIpc) is 2.32. The Bertz CT molecular complexity index is 270. The lowest BCUT2D eigenvalue weighted by atomic mass is 9.94. The van der Waals surface area contributed by atoms with Crippen molar-refractivity contribution in [2.45, 2.75) is 32.6 Å². The van der Waals surface area contributed by atoms with Crippen molar-refractivity contribution < 1.29 is 4.79 Å². The number of hydrogen-bond donors (Lipinski definition) is 1. The SMILES string of the molecule is CCCN.[B]c1ccc(CCCC=O)cc1. The topological polar surface area (TPSA) is 43.1 Å². The molecule has 0 aromatic heterocycles. The zero-order valence-corrected chi connectivity index (χ0v) is 9.99. The monoisotopic (exact) mass is 217 g/mol. The van der Waals surface area contributed by atoms with Gasteiger partial charge in [0.1, 0.15) is 14.1 Å². The molecule has 1 aromatic rings. The van der Waals surface area contributed by atoms with E-state index in [9.17, 15) is 4.79 Å². The van der Waals surface area contributed by atoms with Crippen molar-refractivity contribution in [1.82, 2.24) is 0 Å². The summed E-state index contributed by atoms with van der Waals surface area (Å²) < 4.78 is 0. The molecule has 0 saturated heterocycles. The molecule has 0 saturated carbocycles. The Balaban J connectivity index is 0.000000487. The number of aldehydes is 1. The lowest BCUT2D eigenvalue weighted by Gasteiger charge is -1.98. The Morgan fingerprint density at radius 3 is 2.31 bits per heavy atom. The molecule has 0 aliphatic heterocycles. The van der Waals surface area contributed by atoms with E-state index in [0.29, 0.717) is 6.42 Å². The highest BCUT2D eigenvalue weighted by atomic mass is 16.1. The Hall–Kier alpha value is -1.09. The number of carbonyl (C=O) groups is 1. The fourth-order valence-electron chi connectivity index (χ4n) is 1.07. The van der Waals surface area contributed by atoms with Gasteiger partial charge < -0.3 is 10.5 Å². The smallest absolute Gasteiger partial charge is 0.120 e. The zero-order chi connectivity index (χ0) is 12.2. The van der Waals surface area contributed by atoms with Crippen molar-refractivity contribution in [2.75, 3.05) is 6.54 Å². The molecule has 0 fully saturated rings. The Morgan fingerprint density at radius 1 is 1.31 bits per heavy atom. The molecule has 3 heteroatoms. The summed E-state index contributed by atoms with van der Waals surface area (Å²) in [6.07, 6.45) is 4.58. The van der Waals surface area contributed by atoms with Crippen molar-refractivity contribution in [3.8, 4) is 0 Å². The molecule has 86 valence electrons. The van der Waals surface area contributed by atoms with Crippen LogP contribution in [0, 0.1) is 0 Å². The lowest BCUT2D eigenvalue weighted by molar-refractivity contribution is -0.107. The minimum atomic E-state index is 0.643. The second-order valence-electron chi connectivity index (χ2n) is 3.59. The highest BCUT2D eigenvalue weighted by Gasteiger charge is 1.91. The second kappa shape index (κ2) is 10.4. The van der Waals surface area contributed by atoms with Gasteiger partial charge in [0, 0.05) is 6.42 Å². The van der Waals surface area contributed by atoms with Gasteiger partial charge >= 0.3 is 0 Å². The van der Waals surface area contributed by atoms with Crippen molar-refractivity contribution in [3.63, 3.8) is 0 Å². The fourth-order valence-corrected chi connectivity index (χ4v) is 1.07. The predicted octanol–water partition coefficient (Wildman–Crippen LogP) is 1.36. The van der Waals surface area contributed by atoms with Crippen LogP contribution in [0.2, 0.25) is 0 Å². The van der Waals surface area contributed by atoms with E-state index in [1.54, 1.807) is 0 Å². The second-order valence-corrected chi connectivity index (χ2v) is 3.59. The quantitative estimate of drug-likeness (QED) is 0.459. The van der Waals surface area contributed by atoms with Crippen molar-refractivity contribution in [2.24, 2.45) is 5.73 Å². The summed E-state index contributed by atoms with van der Waals surface area (Å²) in [7, 11) is 5.53. The molecule has 16 heavy (non-hydrogen) atoms. The van der Waals surface area contributed by atoms with Crippen LogP contribution in [0.25, 0.3) is 0 Å². The van der Waals surface area contributed by atoms with E-state index in [0.717, 1.165) is 37.6 Å². The molecule has 2 nitrogen and oxygen atoms in total. The molecule has 0 unspecified atom stereocenters. The number of hydrogen-bond acceptors (Lipinski definition) is 2. The molecule has 1 aromatic carbocycles. The average molecular weight is 217 g/mol. The van der Waals surface area contributed by atoms with Gasteiger partial charge in [0.15, 0.2) is 0 Å². The van der Waals surface area contributed by atoms with Gasteiger partial charge in [-0.15, -0.1) is 0 Å². The molecule has 0 bridgehead atoms. The molecular formula is C13H20BNO. The molecule has 0 heterocycles. The van der Waals surface area contributed by atoms with Gasteiger partial charge in [-0.25, -0.2) is 0 Å². The van der Waals surface area contributed by atoms with Crippen LogP contribution in [-0.2, 0) is 11.2 Å². The Labute approximate surface area is 99.6 Å². The third-order valence-electron chi connectivity index (χ3n) is 2.06. The molecule has 0 amide bonds. The van der Waals surface area contributed by atoms with E-state index >= 15 is 0 Å². The van der Waals surface area contributed by atoms with Crippen LogP contribution < -0.4 is 11.2 Å². The van der Waals surface area contributed by atoms with Gasteiger partial charge in [0.25, 0.3) is 0 Å². The lowest BCUT2D eigenvalue weighted by Crippen LogP contribution is -2.00. The minimum Gasteiger partial charge on any atom is -0.330 e. The molecule has 0 spiro atoms. The first-order valence-electron chi connectivity index (χ1n) is 5.72. The van der Waals surface area contributed by atoms with E-state index in [-0.39, 0.29) is 0 Å². The minimum absolute atomic E-state index is 0.643. The molecule has 1 rings (SSSR count). The number of carbonyl (C=O) groups excluding carboxylic acids is 1. The standard InChI is InChI=1S/C10H11BO.C3H9N/c11-10-6-4-9(5-7-10)3-1-2-8-12;1-2-3-4/h4-8H,1-3H2;2-4H2,1H3. The maximum atomic E-state index is 10.0. The van der Waals surface area contributed by atoms with E-state index in [4.69, 9.17) is 13.6 Å². The molecule has 0 aliphatic carbocycles. The Kier molecular flexibility index (Phi) is 9.73. The number of nitrogens with two attached hydrogens (primary N) is 1. The summed E-state index contributed by atoms with van der Waals surface area (Å²) >= 11 is 0. The van der Waals surface area contributed by atoms with E-state index in [2.05, 4.69) is 6.92 Å². The molecule has 2 N–H and O–H groups in total. The summed E-state index contributed by atoms with van der Waals surface area (Å²) in [5, 5.41) is 0. The highest BCUT2D eigenvalue weighted by Crippen LogP contribution is 2.01. The fraction of sp³-hybridized carbons (Fsp3) is 0.462. The van der Waals surface area contributed by atoms with Gasteiger partial charge in [0.2, 0.25) is 0 Å². The number of unbranched alkanes of at least 4 members (excludes halogenated alkanes) is 1. The molecular weight excluding hydrogens is 197 g/mol. The first kappa shape index (κ1) is 14.9. The van der Waals surface area contributed by atoms with Crippen molar-refractivity contribution >= 4 is 19.6 Å². The van der Waals surface area contributed by atoms with E-state index < -0.39 is 0 Å². The summed E-state index contributed by atoms with van der Waals surface area (Å²) in [6, 6.07) is 7.77. The van der Waals surface area contributed by atoms with Gasteiger partial charge in [-0.05, 0) is 31.4 Å². The molecule has 0 aliphatic rings. The van der Waals surface area contributed by atoms with Crippen molar-refractivity contribution in [1.29, 1.82) is 0 Å². The van der Waals surface area contributed by atoms with E-state index in [1.807, 2.05) is 24.3 Å². The van der Waals surface area contributed by atoms with Crippen LogP contribution in [-0.4, -0.2) is 20.7 Å². The summed E-state index contributed by atoms with van der Waals surface area (Å²) in [6.45, 7) is 2.88. The number of rotatable bonds is 5. The maximum Gasteiger partial charge on any atom is 0.120 e. The summed E-state index contributed by atoms with van der Waals surface area (Å²) in [4.78, 5) is 10.0. The molecule has 2 radical (unpaired) electrons. The van der Waals surface area contributed by atoms with Gasteiger partial charge in [-0.3, -0.25) is 0 Å². The Morgan fingerprint density at radius 2 is 1.88 bits per heavy atom. The largest absolute Gasteiger partial charge is 0.330 e. The predicted molar refractivity (Wildman–Crippen MR) is 70.2 cm³/mol. The van der Waals surface area contributed by atoms with Crippen LogP contribution in [0.4, 0.5) is 0 Å². The van der Waals surface area contributed by atoms with Gasteiger partial charge in [-0.1, -0.05) is 36.7 Å². The third-order valence-corrected chi connectivity index (χ3v) is 2.06. The third kappa shape index (κ3) is 8.24. The zero-order valence-electron chi connectivity index (χ0n) is 9.99. The van der Waals surface area contributed by atoms with Crippen LogP contribution in [0.1, 0.15) is 31.7 Å². The summed E-state index contributed by atoms with van der Waals surface area (Å²) in [5.74, 6) is 0. The van der Waals surface area contributed by atoms with Gasteiger partial charge in [-0.2, -0.15) is 0 Å². The normalized spacial score (nSPS) is 9.12. The van der Waals surface area contributed by atoms with Crippen LogP contribution in [0.3, 0.4) is 0 Å². The maximum absolute atomic E-state index is 10.0. The van der Waals surface area contributed by atoms with Crippen LogP contribution >= 0.6 is 0 Å². The van der Waals surface area contributed by atoms with Crippen LogP contribution in [0.15, 0.2) is 24.3 Å². The molecule has 0 atom stereocenters. The highest BCUT2D eigenvalue weighted by molar-refractivity contribution is 6.32. The van der Waals surface area contributed by atoms with Crippen molar-refractivity contribution in [3.05, 3.63) is 29.8 Å². The number of aryl methyl sites for hydroxylation is 1. The van der Waals surface area contributed by atoms with Gasteiger partial charge in [0.05, 0.1) is 0 Å². The first-order valence-corrected chi connectivity index (χ1v) is 5.72. The number of benzene rings is 1.